The Hall–Kier alpha value is -4.44. The number of para-hydroxylation sites is 2. The number of nitro benzene ring substituents is 1. The summed E-state index contributed by atoms with van der Waals surface area (Å²) >= 11 is 1.18. The van der Waals surface area contributed by atoms with Gasteiger partial charge in [-0.25, -0.2) is 14.1 Å². The van der Waals surface area contributed by atoms with Crippen LogP contribution in [-0.4, -0.2) is 28.3 Å². The molecule has 168 valence electrons. The van der Waals surface area contributed by atoms with Crippen LogP contribution in [-0.2, 0) is 4.79 Å². The topological polar surface area (TPSA) is 93.1 Å². The maximum Gasteiger partial charge on any atom is 0.279 e. The number of benzene rings is 3. The normalized spacial score (nSPS) is 14.6. The number of hydrogen-bond donors (Lipinski definition) is 0. The smallest absolute Gasteiger partial charge is 0.279 e. The van der Waals surface area contributed by atoms with Crippen LogP contribution in [0, 0.1) is 15.9 Å². The van der Waals surface area contributed by atoms with E-state index >= 15 is 0 Å². The van der Waals surface area contributed by atoms with Gasteiger partial charge < -0.3 is 4.90 Å². The number of halogens is 1. The van der Waals surface area contributed by atoms with Crippen molar-refractivity contribution in [3.05, 3.63) is 104 Å². The summed E-state index contributed by atoms with van der Waals surface area (Å²) in [5.74, 6) is -0.809. The largest absolute Gasteiger partial charge is 0.309 e. The van der Waals surface area contributed by atoms with Gasteiger partial charge in [-0.3, -0.25) is 14.9 Å². The van der Waals surface area contributed by atoms with Crippen LogP contribution in [0.4, 0.5) is 21.5 Å². The number of carbonyl (C=O) groups is 1. The summed E-state index contributed by atoms with van der Waals surface area (Å²) in [6.07, 6.45) is 0. The number of fused-ring (bicyclic) bond motifs is 1. The van der Waals surface area contributed by atoms with Gasteiger partial charge >= 0.3 is 0 Å². The van der Waals surface area contributed by atoms with Gasteiger partial charge in [0.25, 0.3) is 11.6 Å². The van der Waals surface area contributed by atoms with Crippen molar-refractivity contribution >= 4 is 40.0 Å². The van der Waals surface area contributed by atoms with Gasteiger partial charge in [0.05, 0.1) is 16.3 Å². The van der Waals surface area contributed by atoms with E-state index in [1.165, 1.54) is 45.2 Å². The van der Waals surface area contributed by atoms with Crippen molar-refractivity contribution in [3.8, 4) is 11.3 Å². The second-order valence-electron chi connectivity index (χ2n) is 7.42. The first-order valence-corrected chi connectivity index (χ1v) is 11.0. The molecular weight excluding hydrogens is 457 g/mol. The number of carbonyl (C=O) groups excluding carboxylic acids is 1. The molecule has 1 amide bonds. The molecule has 3 aromatic carbocycles. The van der Waals surface area contributed by atoms with Gasteiger partial charge in [-0.1, -0.05) is 42.5 Å². The maximum absolute atomic E-state index is 14.3. The highest BCUT2D eigenvalue weighted by atomic mass is 32.1. The number of likely N-dealkylation sites (N-methyl/N-ethyl adjacent to an activating group) is 1. The fourth-order valence-electron chi connectivity index (χ4n) is 3.64. The quantitative estimate of drug-likeness (QED) is 0.317. The van der Waals surface area contributed by atoms with Crippen molar-refractivity contribution in [2.75, 3.05) is 11.9 Å². The third-order valence-electron chi connectivity index (χ3n) is 5.33. The number of anilines is 1. The molecule has 1 aliphatic heterocycles. The maximum atomic E-state index is 14.3. The van der Waals surface area contributed by atoms with E-state index in [2.05, 4.69) is 10.1 Å². The molecule has 0 bridgehead atoms. The van der Waals surface area contributed by atoms with E-state index in [4.69, 9.17) is 0 Å². The Morgan fingerprint density at radius 1 is 1.03 bits per heavy atom. The summed E-state index contributed by atoms with van der Waals surface area (Å²) in [6.45, 7) is 0. The molecule has 4 aromatic rings. The standard InChI is InChI=1S/C24H16FN5O3S/c1-28-20-12-5-2-9-17(20)22(23(28)31)27-29-21(15-7-6-8-16(13-15)30(32)33)14-34-24(29)26-19-11-4-3-10-18(19)25/h2-14H,1H3. The predicted molar refractivity (Wildman–Crippen MR) is 128 cm³/mol. The van der Waals surface area contributed by atoms with Gasteiger partial charge in [-0.2, -0.15) is 5.10 Å². The van der Waals surface area contributed by atoms with Crippen LogP contribution in [0.1, 0.15) is 5.56 Å². The second-order valence-corrected chi connectivity index (χ2v) is 8.25. The Bertz CT molecular complexity index is 1560. The van der Waals surface area contributed by atoms with E-state index in [0.717, 1.165) is 0 Å². The van der Waals surface area contributed by atoms with Crippen LogP contribution in [0.5, 0.6) is 0 Å². The predicted octanol–water partition coefficient (Wildman–Crippen LogP) is 4.73. The van der Waals surface area contributed by atoms with Gasteiger partial charge in [0.15, 0.2) is 5.71 Å². The molecule has 1 aliphatic rings. The second kappa shape index (κ2) is 8.49. The number of aromatic nitrogens is 1. The summed E-state index contributed by atoms with van der Waals surface area (Å²) in [7, 11) is 1.66. The molecule has 0 N–H and O–H groups in total. The highest BCUT2D eigenvalue weighted by molar-refractivity contribution is 7.07. The lowest BCUT2D eigenvalue weighted by molar-refractivity contribution is -0.384. The molecule has 5 rings (SSSR count). The van der Waals surface area contributed by atoms with Crippen LogP contribution < -0.4 is 9.70 Å². The fraction of sp³-hybridized carbons (Fsp3) is 0.0417. The number of non-ortho nitro benzene ring substituents is 1. The molecule has 0 atom stereocenters. The number of nitro groups is 1. The molecule has 0 aliphatic carbocycles. The molecule has 2 heterocycles. The lowest BCUT2D eigenvalue weighted by Crippen LogP contribution is -2.27. The zero-order chi connectivity index (χ0) is 23.8. The highest BCUT2D eigenvalue weighted by Crippen LogP contribution is 2.29. The monoisotopic (exact) mass is 473 g/mol. The number of thiazole rings is 1. The van der Waals surface area contributed by atoms with Crippen molar-refractivity contribution in [1.29, 1.82) is 0 Å². The van der Waals surface area contributed by atoms with Gasteiger partial charge in [0.1, 0.15) is 11.5 Å². The minimum atomic E-state index is -0.506. The molecule has 1 aromatic heterocycles. The van der Waals surface area contributed by atoms with Crippen molar-refractivity contribution < 1.29 is 14.1 Å². The van der Waals surface area contributed by atoms with E-state index in [-0.39, 0.29) is 23.0 Å². The zero-order valence-electron chi connectivity index (χ0n) is 17.8. The first-order valence-electron chi connectivity index (χ1n) is 10.1. The third kappa shape index (κ3) is 3.69. The summed E-state index contributed by atoms with van der Waals surface area (Å²) in [5, 5.41) is 17.7. The van der Waals surface area contributed by atoms with Crippen molar-refractivity contribution in [3.63, 3.8) is 0 Å². The molecule has 0 radical (unpaired) electrons. The molecule has 0 saturated heterocycles. The zero-order valence-corrected chi connectivity index (χ0v) is 18.6. The number of amides is 1. The number of hydrogen-bond acceptors (Lipinski definition) is 6. The van der Waals surface area contributed by atoms with Crippen molar-refractivity contribution in [1.82, 2.24) is 4.68 Å². The fourth-order valence-corrected chi connectivity index (χ4v) is 4.49. The van der Waals surface area contributed by atoms with Gasteiger partial charge in [0, 0.05) is 35.7 Å². The van der Waals surface area contributed by atoms with Gasteiger partial charge in [0.2, 0.25) is 4.80 Å². The minimum Gasteiger partial charge on any atom is -0.309 e. The Morgan fingerprint density at radius 3 is 2.59 bits per heavy atom. The molecule has 0 fully saturated rings. The minimum absolute atomic E-state index is 0.0856. The Morgan fingerprint density at radius 2 is 1.79 bits per heavy atom. The van der Waals surface area contributed by atoms with Crippen molar-refractivity contribution in [2.24, 2.45) is 10.1 Å². The van der Waals surface area contributed by atoms with Gasteiger partial charge in [-0.05, 0) is 18.2 Å². The Kier molecular flexibility index (Phi) is 5.34. The first kappa shape index (κ1) is 21.4. The van der Waals surface area contributed by atoms with E-state index in [0.29, 0.717) is 27.3 Å². The summed E-state index contributed by atoms with van der Waals surface area (Å²) in [6, 6.07) is 19.4. The van der Waals surface area contributed by atoms with Gasteiger partial charge in [-0.15, -0.1) is 11.3 Å². The van der Waals surface area contributed by atoms with Crippen LogP contribution in [0.2, 0.25) is 0 Å². The van der Waals surface area contributed by atoms with E-state index in [1.807, 2.05) is 18.2 Å². The summed E-state index contributed by atoms with van der Waals surface area (Å²) in [4.78, 5) is 30.1. The molecule has 8 nitrogen and oxygen atoms in total. The molecule has 34 heavy (non-hydrogen) atoms. The first-order chi connectivity index (χ1) is 16.4. The SMILES string of the molecule is CN1C(=O)C(=Nn2c(-c3cccc([N+](=O)[O-])c3)csc2=Nc2ccccc2F)c2ccccc21. The molecule has 0 unspecified atom stereocenters. The molecule has 0 spiro atoms. The molecular formula is C24H16FN5O3S. The highest BCUT2D eigenvalue weighted by Gasteiger charge is 2.31. The van der Waals surface area contributed by atoms with E-state index in [1.54, 1.807) is 42.8 Å². The summed E-state index contributed by atoms with van der Waals surface area (Å²) in [5.41, 5.74) is 2.57. The van der Waals surface area contributed by atoms with Crippen LogP contribution in [0.15, 0.2) is 88.3 Å². The summed E-state index contributed by atoms with van der Waals surface area (Å²) < 4.78 is 15.8. The van der Waals surface area contributed by atoms with Crippen LogP contribution in [0.3, 0.4) is 0 Å². The van der Waals surface area contributed by atoms with Crippen LogP contribution >= 0.6 is 11.3 Å². The lowest BCUT2D eigenvalue weighted by Gasteiger charge is -2.08. The Labute approximate surface area is 196 Å². The third-order valence-corrected chi connectivity index (χ3v) is 6.15. The van der Waals surface area contributed by atoms with Crippen molar-refractivity contribution in [2.45, 2.75) is 0 Å². The average molecular weight is 473 g/mol. The molecule has 10 heteroatoms. The van der Waals surface area contributed by atoms with Crippen LogP contribution in [0.25, 0.3) is 11.3 Å². The van der Waals surface area contributed by atoms with E-state index in [9.17, 15) is 19.3 Å². The Balaban J connectivity index is 1.77. The average Bonchev–Trinajstić information content (AvgIpc) is 3.35. The number of rotatable bonds is 4. The molecule has 0 saturated carbocycles. The lowest BCUT2D eigenvalue weighted by atomic mass is 10.1. The number of nitrogens with zero attached hydrogens (tertiary/aromatic N) is 5. The van der Waals surface area contributed by atoms with E-state index < -0.39 is 10.7 Å².